The predicted octanol–water partition coefficient (Wildman–Crippen LogP) is 2.76. The molecule has 1 aromatic heterocycles. The molecule has 1 saturated heterocycles. The summed E-state index contributed by atoms with van der Waals surface area (Å²) in [5.41, 5.74) is 3.49. The number of anilines is 1. The first-order chi connectivity index (χ1) is 11.6. The number of hydrogen-bond donors (Lipinski definition) is 2. The van der Waals surface area contributed by atoms with Gasteiger partial charge in [0.05, 0.1) is 8.02 Å². The van der Waals surface area contributed by atoms with Gasteiger partial charge in [-0.25, -0.2) is 0 Å². The fourth-order valence-corrected chi connectivity index (χ4v) is 3.56. The van der Waals surface area contributed by atoms with Crippen LogP contribution >= 0.6 is 0 Å². The first kappa shape index (κ1) is 11.7. The van der Waals surface area contributed by atoms with E-state index in [2.05, 4.69) is 46.5 Å². The highest BCUT2D eigenvalue weighted by Gasteiger charge is 2.18. The predicted molar refractivity (Wildman–Crippen MR) is 92.3 cm³/mol. The monoisotopic (exact) mass is 298 g/mol. The van der Waals surface area contributed by atoms with Crippen LogP contribution < -0.4 is 15.5 Å². The van der Waals surface area contributed by atoms with Crippen LogP contribution in [-0.4, -0.2) is 30.8 Å². The lowest BCUT2D eigenvalue weighted by Gasteiger charge is -2.27. The lowest BCUT2D eigenvalue weighted by atomic mass is 10.1. The third-order valence-corrected chi connectivity index (χ3v) is 4.78. The summed E-state index contributed by atoms with van der Waals surface area (Å²) >= 11 is 0. The molecule has 116 valence electrons. The zero-order valence-electron chi connectivity index (χ0n) is 14.9. The summed E-state index contributed by atoms with van der Waals surface area (Å²) in [6, 6.07) is 7.04. The largest absolute Gasteiger partial charge is 0.344 e. The maximum absolute atomic E-state index is 8.20. The molecule has 0 saturated carbocycles. The molecular formula is C18H24N4. The first-order valence-electron chi connectivity index (χ1n) is 9.19. The smallest absolute Gasteiger partial charge is 0.0728 e. The van der Waals surface area contributed by atoms with Crippen LogP contribution in [0, 0.1) is 6.92 Å². The maximum Gasteiger partial charge on any atom is 0.0728 e. The van der Waals surface area contributed by atoms with E-state index in [1.54, 1.807) is 6.08 Å². The van der Waals surface area contributed by atoms with Crippen molar-refractivity contribution in [2.45, 2.75) is 25.8 Å². The quantitative estimate of drug-likeness (QED) is 0.894. The molecule has 22 heavy (non-hydrogen) atoms. The Labute approximate surface area is 134 Å². The van der Waals surface area contributed by atoms with E-state index in [4.69, 9.17) is 2.74 Å². The van der Waals surface area contributed by atoms with Crippen molar-refractivity contribution in [1.29, 1.82) is 0 Å². The van der Waals surface area contributed by atoms with Gasteiger partial charge in [0.2, 0.25) is 0 Å². The average molecular weight is 298 g/mol. The molecule has 2 aliphatic heterocycles. The maximum atomic E-state index is 8.20. The van der Waals surface area contributed by atoms with Crippen LogP contribution in [0.15, 0.2) is 36.7 Å². The molecule has 1 aromatic carbocycles. The van der Waals surface area contributed by atoms with E-state index >= 15 is 0 Å². The van der Waals surface area contributed by atoms with Gasteiger partial charge in [-0.2, -0.15) is 0 Å². The lowest BCUT2D eigenvalue weighted by molar-refractivity contribution is 0.376. The second-order valence-corrected chi connectivity index (χ2v) is 6.06. The van der Waals surface area contributed by atoms with Gasteiger partial charge in [-0.3, -0.25) is 5.32 Å². The molecule has 4 heteroatoms. The molecule has 4 nitrogen and oxygen atoms in total. The van der Waals surface area contributed by atoms with Crippen molar-refractivity contribution in [1.82, 2.24) is 15.2 Å². The van der Waals surface area contributed by atoms with Crippen LogP contribution in [0.1, 0.15) is 27.2 Å². The zero-order valence-corrected chi connectivity index (χ0v) is 12.9. The number of nitrogens with one attached hydrogen (secondary N) is 2. The van der Waals surface area contributed by atoms with Gasteiger partial charge in [0, 0.05) is 42.9 Å². The summed E-state index contributed by atoms with van der Waals surface area (Å²) in [5.74, 6) is 0. The van der Waals surface area contributed by atoms with E-state index < -0.39 is 13.2 Å². The number of fused-ring (bicyclic) bond motifs is 1. The van der Waals surface area contributed by atoms with Crippen molar-refractivity contribution in [2.24, 2.45) is 0 Å². The number of piperidine rings is 1. The Morgan fingerprint density at radius 3 is 2.86 bits per heavy atom. The number of nitrogens with zero attached hydrogens (tertiary/aromatic N) is 2. The van der Waals surface area contributed by atoms with Gasteiger partial charge in [-0.05, 0) is 56.6 Å². The lowest BCUT2D eigenvalue weighted by Crippen LogP contribution is -2.34. The van der Waals surface area contributed by atoms with Gasteiger partial charge < -0.3 is 14.8 Å². The van der Waals surface area contributed by atoms with Crippen LogP contribution in [0.5, 0.6) is 0 Å². The Kier molecular flexibility index (Phi) is 3.09. The summed E-state index contributed by atoms with van der Waals surface area (Å²) in [6.07, 6.45) is 8.17. The fraction of sp³-hybridized carbons (Fsp3) is 0.444. The third-order valence-electron chi connectivity index (χ3n) is 4.78. The van der Waals surface area contributed by atoms with Crippen molar-refractivity contribution in [3.63, 3.8) is 0 Å². The van der Waals surface area contributed by atoms with E-state index in [-0.39, 0.29) is 0 Å². The Morgan fingerprint density at radius 1 is 1.18 bits per heavy atom. The number of aromatic nitrogens is 1. The highest BCUT2D eigenvalue weighted by Crippen LogP contribution is 2.32. The molecule has 2 aromatic rings. The minimum Gasteiger partial charge on any atom is -0.344 e. The number of aryl methyl sites for hydroxylation is 1. The summed E-state index contributed by atoms with van der Waals surface area (Å²) in [5, 5.41) is 7.60. The minimum absolute atomic E-state index is 0.506. The molecule has 2 unspecified atom stereocenters. The van der Waals surface area contributed by atoms with Crippen LogP contribution in [0.25, 0.3) is 10.9 Å². The Bertz CT molecular complexity index is 764. The summed E-state index contributed by atoms with van der Waals surface area (Å²) in [4.78, 5) is 1.89. The Morgan fingerprint density at radius 2 is 2.05 bits per heavy atom. The Balaban J connectivity index is 1.72. The van der Waals surface area contributed by atoms with E-state index in [1.165, 1.54) is 29.3 Å². The minimum atomic E-state index is -0.625. The number of benzene rings is 1. The SMILES string of the molecule is [2H]C1C=CN(c2ccc3c(ccn3C3CCNCC3)c2C)C([2H])N1. The van der Waals surface area contributed by atoms with Crippen LogP contribution in [-0.2, 0) is 0 Å². The van der Waals surface area contributed by atoms with Gasteiger partial charge in [0.1, 0.15) is 0 Å². The van der Waals surface area contributed by atoms with Crippen molar-refractivity contribution in [2.75, 3.05) is 31.2 Å². The van der Waals surface area contributed by atoms with E-state index in [9.17, 15) is 0 Å². The van der Waals surface area contributed by atoms with Gasteiger partial charge in [0.25, 0.3) is 0 Å². The molecule has 3 heterocycles. The standard InChI is InChI=1S/C18H24N4/c1-14-16-7-12-22(15-5-9-19-10-6-15)18(16)4-3-17(14)21-11-2-8-20-13-21/h2-4,7,11-12,15,19-20H,5-6,8-10,13H2,1H3/i8D,13D. The number of rotatable bonds is 2. The second-order valence-electron chi connectivity index (χ2n) is 6.06. The van der Waals surface area contributed by atoms with E-state index in [0.29, 0.717) is 6.04 Å². The molecule has 0 radical (unpaired) electrons. The molecule has 0 aliphatic carbocycles. The molecule has 4 rings (SSSR count). The van der Waals surface area contributed by atoms with Crippen molar-refractivity contribution in [3.8, 4) is 0 Å². The highest BCUT2D eigenvalue weighted by atomic mass is 15.2. The molecule has 0 bridgehead atoms. The Hall–Kier alpha value is -1.78. The normalized spacial score (nSPS) is 28.0. The van der Waals surface area contributed by atoms with Gasteiger partial charge in [0.15, 0.2) is 0 Å². The average Bonchev–Trinajstić information content (AvgIpc) is 3.02. The van der Waals surface area contributed by atoms with Crippen LogP contribution in [0.4, 0.5) is 5.69 Å². The first-order valence-corrected chi connectivity index (χ1v) is 8.03. The van der Waals surface area contributed by atoms with E-state index in [1.807, 2.05) is 11.1 Å². The van der Waals surface area contributed by atoms with Crippen molar-refractivity contribution < 1.29 is 2.74 Å². The topological polar surface area (TPSA) is 32.2 Å². The molecule has 2 atom stereocenters. The van der Waals surface area contributed by atoms with E-state index in [0.717, 1.165) is 18.8 Å². The molecule has 1 fully saturated rings. The summed E-state index contributed by atoms with van der Waals surface area (Å²) in [7, 11) is 0. The zero-order chi connectivity index (χ0) is 16.7. The molecular weight excluding hydrogens is 272 g/mol. The molecule has 0 amide bonds. The highest BCUT2D eigenvalue weighted by molar-refractivity contribution is 5.89. The van der Waals surface area contributed by atoms with Gasteiger partial charge in [-0.15, -0.1) is 0 Å². The third kappa shape index (κ3) is 2.32. The number of hydrogen-bond acceptors (Lipinski definition) is 3. The van der Waals surface area contributed by atoms with Gasteiger partial charge >= 0.3 is 0 Å². The van der Waals surface area contributed by atoms with Crippen molar-refractivity contribution >= 4 is 16.6 Å². The van der Waals surface area contributed by atoms with Crippen LogP contribution in [0.2, 0.25) is 0 Å². The van der Waals surface area contributed by atoms with Gasteiger partial charge in [-0.1, -0.05) is 6.08 Å². The summed E-state index contributed by atoms with van der Waals surface area (Å²) in [6.45, 7) is 3.16. The summed E-state index contributed by atoms with van der Waals surface area (Å²) < 4.78 is 18.3. The second kappa shape index (κ2) is 5.78. The molecule has 0 spiro atoms. The van der Waals surface area contributed by atoms with Crippen molar-refractivity contribution in [3.05, 3.63) is 42.2 Å². The molecule has 2 N–H and O–H groups in total. The molecule has 2 aliphatic rings. The van der Waals surface area contributed by atoms with Crippen LogP contribution in [0.3, 0.4) is 0 Å². The fourth-order valence-electron chi connectivity index (χ4n) is 3.56.